The normalized spacial score (nSPS) is 28.5. The van der Waals surface area contributed by atoms with Crippen molar-refractivity contribution in [2.24, 2.45) is 29.4 Å². The first-order chi connectivity index (χ1) is 18.4. The largest absolute Gasteiger partial charge is 0.444 e. The number of hydrogen-bond donors (Lipinski definition) is 3. The third-order valence-corrected chi connectivity index (χ3v) is 9.20. The van der Waals surface area contributed by atoms with Crippen LogP contribution in [-0.4, -0.2) is 64.8 Å². The third kappa shape index (κ3) is 7.31. The maximum Gasteiger partial charge on any atom is 0.408 e. The average molecular weight is 547 g/mol. The molecule has 0 bridgehead atoms. The van der Waals surface area contributed by atoms with Gasteiger partial charge in [0.1, 0.15) is 17.7 Å². The van der Waals surface area contributed by atoms with E-state index in [1.165, 1.54) is 12.8 Å². The van der Waals surface area contributed by atoms with Gasteiger partial charge in [-0.15, -0.1) is 0 Å². The number of rotatable bonds is 9. The molecule has 1 saturated heterocycles. The molecule has 4 N–H and O–H groups in total. The van der Waals surface area contributed by atoms with Crippen molar-refractivity contribution < 1.29 is 28.7 Å². The zero-order valence-electron chi connectivity index (χ0n) is 23.7. The van der Waals surface area contributed by atoms with Crippen molar-refractivity contribution in [3.8, 4) is 0 Å². The quantitative estimate of drug-likeness (QED) is 0.379. The summed E-state index contributed by atoms with van der Waals surface area (Å²) in [6.07, 6.45) is 10.3. The molecule has 0 spiro atoms. The van der Waals surface area contributed by atoms with Crippen LogP contribution in [0.1, 0.15) is 97.8 Å². The van der Waals surface area contributed by atoms with E-state index in [-0.39, 0.29) is 17.7 Å². The molecule has 1 heterocycles. The monoisotopic (exact) mass is 546 g/mol. The summed E-state index contributed by atoms with van der Waals surface area (Å²) >= 11 is 0. The first kappa shape index (κ1) is 29.3. The van der Waals surface area contributed by atoms with E-state index in [1.54, 1.807) is 25.7 Å². The first-order valence-electron chi connectivity index (χ1n) is 14.9. The highest BCUT2D eigenvalue weighted by Gasteiger charge is 2.46. The summed E-state index contributed by atoms with van der Waals surface area (Å²) in [5.41, 5.74) is 4.56. The predicted octanol–water partition coefficient (Wildman–Crippen LogP) is 2.82. The molecule has 1 aliphatic heterocycles. The van der Waals surface area contributed by atoms with Crippen molar-refractivity contribution in [3.05, 3.63) is 0 Å². The standard InChI is InChI=1S/C29H46N4O6/c1-29(2,3)39-28(38)32-23(20-15-18-10-4-5-11-19(18)16-20)27(37)33-13-7-12-22(33)26(36)31-21(24(34)25(30)35)14-17-8-6-9-17/h17-23H,4-16H2,1-3H3,(H2,30,35)(H,31,36)(H,32,38)/t18?,19?,20?,21?,22-,23?/m0/s1. The van der Waals surface area contributed by atoms with Crippen molar-refractivity contribution >= 4 is 29.6 Å². The summed E-state index contributed by atoms with van der Waals surface area (Å²) in [4.78, 5) is 66.0. The van der Waals surface area contributed by atoms with E-state index in [1.807, 2.05) is 0 Å². The third-order valence-electron chi connectivity index (χ3n) is 9.20. The fourth-order valence-electron chi connectivity index (χ4n) is 7.08. The highest BCUT2D eigenvalue weighted by atomic mass is 16.6. The summed E-state index contributed by atoms with van der Waals surface area (Å²) in [6.45, 7) is 5.73. The van der Waals surface area contributed by atoms with Gasteiger partial charge < -0.3 is 26.0 Å². The molecule has 4 aliphatic rings. The number of nitrogens with two attached hydrogens (primary N) is 1. The molecule has 3 aliphatic carbocycles. The van der Waals surface area contributed by atoms with Gasteiger partial charge in [-0.3, -0.25) is 19.2 Å². The predicted molar refractivity (Wildman–Crippen MR) is 144 cm³/mol. The van der Waals surface area contributed by atoms with Gasteiger partial charge in [0.05, 0.1) is 6.04 Å². The van der Waals surface area contributed by atoms with Gasteiger partial charge in [0.15, 0.2) is 0 Å². The Morgan fingerprint density at radius 1 is 0.897 bits per heavy atom. The van der Waals surface area contributed by atoms with E-state index < -0.39 is 47.4 Å². The van der Waals surface area contributed by atoms with Crippen LogP contribution in [-0.2, 0) is 23.9 Å². The van der Waals surface area contributed by atoms with Gasteiger partial charge in [-0.25, -0.2) is 4.79 Å². The molecule has 4 rings (SSSR count). The molecule has 0 aromatic carbocycles. The smallest absolute Gasteiger partial charge is 0.408 e. The van der Waals surface area contributed by atoms with Crippen LogP contribution < -0.4 is 16.4 Å². The number of nitrogens with one attached hydrogen (secondary N) is 2. The maximum atomic E-state index is 14.0. The lowest BCUT2D eigenvalue weighted by molar-refractivity contribution is -0.143. The van der Waals surface area contributed by atoms with Crippen molar-refractivity contribution in [2.75, 3.05) is 6.54 Å². The average Bonchev–Trinajstić information content (AvgIpc) is 3.49. The number of fused-ring (bicyclic) bond motifs is 1. The second-order valence-corrected chi connectivity index (χ2v) is 13.2. The number of alkyl carbamates (subject to hydrolysis) is 1. The van der Waals surface area contributed by atoms with Gasteiger partial charge in [-0.1, -0.05) is 44.9 Å². The molecule has 4 unspecified atom stereocenters. The van der Waals surface area contributed by atoms with Crippen molar-refractivity contribution in [1.29, 1.82) is 0 Å². The van der Waals surface area contributed by atoms with E-state index >= 15 is 0 Å². The van der Waals surface area contributed by atoms with Gasteiger partial charge >= 0.3 is 6.09 Å². The van der Waals surface area contributed by atoms with E-state index in [2.05, 4.69) is 10.6 Å². The van der Waals surface area contributed by atoms with Crippen molar-refractivity contribution in [3.63, 3.8) is 0 Å². The van der Waals surface area contributed by atoms with Crippen LogP contribution in [0, 0.1) is 23.7 Å². The molecular formula is C29H46N4O6. The summed E-state index contributed by atoms with van der Waals surface area (Å²) in [5.74, 6) is -1.23. The Morgan fingerprint density at radius 3 is 2.08 bits per heavy atom. The minimum absolute atomic E-state index is 0.0229. The van der Waals surface area contributed by atoms with Gasteiger partial charge in [-0.05, 0) is 76.5 Å². The molecule has 5 atom stereocenters. The van der Waals surface area contributed by atoms with E-state index in [9.17, 15) is 24.0 Å². The fourth-order valence-corrected chi connectivity index (χ4v) is 7.08. The number of amides is 4. The molecule has 10 nitrogen and oxygen atoms in total. The lowest BCUT2D eigenvalue weighted by Gasteiger charge is -2.33. The lowest BCUT2D eigenvalue weighted by Crippen LogP contribution is -2.58. The lowest BCUT2D eigenvalue weighted by atomic mass is 9.80. The van der Waals surface area contributed by atoms with E-state index in [0.717, 1.165) is 44.9 Å². The van der Waals surface area contributed by atoms with E-state index in [4.69, 9.17) is 10.5 Å². The number of nitrogens with zero attached hydrogens (tertiary/aromatic N) is 1. The first-order valence-corrected chi connectivity index (χ1v) is 14.9. The van der Waals surface area contributed by atoms with Crippen LogP contribution >= 0.6 is 0 Å². The zero-order chi connectivity index (χ0) is 28.3. The summed E-state index contributed by atoms with van der Waals surface area (Å²) in [6, 6.07) is -2.53. The van der Waals surface area contributed by atoms with Crippen LogP contribution in [0.4, 0.5) is 4.79 Å². The Morgan fingerprint density at radius 2 is 1.54 bits per heavy atom. The van der Waals surface area contributed by atoms with Gasteiger partial charge in [0, 0.05) is 6.54 Å². The van der Waals surface area contributed by atoms with Gasteiger partial charge in [0.2, 0.25) is 17.6 Å². The second kappa shape index (κ2) is 12.3. The van der Waals surface area contributed by atoms with Gasteiger partial charge in [0.25, 0.3) is 5.91 Å². The van der Waals surface area contributed by atoms with Crippen LogP contribution in [0.2, 0.25) is 0 Å². The Bertz CT molecular complexity index is 944. The highest BCUT2D eigenvalue weighted by molar-refractivity contribution is 6.37. The number of hydrogen-bond acceptors (Lipinski definition) is 6. The topological polar surface area (TPSA) is 148 Å². The SMILES string of the molecule is CC(C)(C)OC(=O)NC(C(=O)N1CCC[C@H]1C(=O)NC(CC1CCC1)C(=O)C(N)=O)C1CC2CCCCC2C1. The second-order valence-electron chi connectivity index (χ2n) is 13.2. The summed E-state index contributed by atoms with van der Waals surface area (Å²) in [5, 5.41) is 5.63. The Labute approximate surface area is 231 Å². The molecule has 10 heteroatoms. The van der Waals surface area contributed by atoms with Crippen LogP contribution in [0.15, 0.2) is 0 Å². The number of primary amides is 1. The molecule has 0 aromatic rings. The van der Waals surface area contributed by atoms with E-state index in [0.29, 0.717) is 37.6 Å². The highest BCUT2D eigenvalue weighted by Crippen LogP contribution is 2.46. The zero-order valence-corrected chi connectivity index (χ0v) is 23.7. The van der Waals surface area contributed by atoms with Crippen LogP contribution in [0.5, 0.6) is 0 Å². The Kier molecular flexibility index (Phi) is 9.21. The summed E-state index contributed by atoms with van der Waals surface area (Å²) in [7, 11) is 0. The molecule has 4 fully saturated rings. The molecule has 218 valence electrons. The Hall–Kier alpha value is -2.65. The molecule has 3 saturated carbocycles. The number of likely N-dealkylation sites (tertiary alicyclic amines) is 1. The van der Waals surface area contributed by atoms with Crippen molar-refractivity contribution in [1.82, 2.24) is 15.5 Å². The number of ether oxygens (including phenoxy) is 1. The Balaban J connectivity index is 1.49. The number of Topliss-reactive ketones (excluding diaryl/α,β-unsaturated/α-hetero) is 1. The van der Waals surface area contributed by atoms with Gasteiger partial charge in [-0.2, -0.15) is 0 Å². The summed E-state index contributed by atoms with van der Waals surface area (Å²) < 4.78 is 5.51. The number of ketones is 1. The van der Waals surface area contributed by atoms with Crippen molar-refractivity contribution in [2.45, 2.75) is 122 Å². The minimum Gasteiger partial charge on any atom is -0.444 e. The molecular weight excluding hydrogens is 500 g/mol. The van der Waals surface area contributed by atoms with Crippen LogP contribution in [0.3, 0.4) is 0 Å². The molecule has 4 amide bonds. The fraction of sp³-hybridized carbons (Fsp3) is 0.828. The molecule has 0 aromatic heterocycles. The number of carbonyl (C=O) groups is 5. The number of carbonyl (C=O) groups excluding carboxylic acids is 5. The minimum atomic E-state index is -1.07. The maximum absolute atomic E-state index is 14.0. The van der Waals surface area contributed by atoms with Crippen LogP contribution in [0.25, 0.3) is 0 Å². The molecule has 39 heavy (non-hydrogen) atoms. The molecule has 0 radical (unpaired) electrons.